The number of rotatable bonds is 8. The molecule has 0 fully saturated rings. The molecule has 1 heterocycles. The lowest BCUT2D eigenvalue weighted by molar-refractivity contribution is 0.361. The fraction of sp³-hybridized carbons (Fsp3) is 0.0339. The standard InChI is InChI=1S/C59H41N3O2/c1-60-58(62-57(41-23-8-3-9-24-41)61-39-42-25-14-15-30-45(42)40-21-6-2-7-22-40)48-32-17-16-31-46(48)47-34-20-36-52-55(47)63-53-38-37-51-54(56(53)64-52)49-33-18-19-35-50(49)59(51,43-26-10-4-11-27-43)44-28-12-5-13-29-44/h2-38H,1,39H2. The summed E-state index contributed by atoms with van der Waals surface area (Å²) in [6, 6.07) is 77.4. The Hall–Kier alpha value is -8.41. The van der Waals surface area contributed by atoms with Gasteiger partial charge in [0.2, 0.25) is 0 Å². The van der Waals surface area contributed by atoms with Crippen molar-refractivity contribution in [3.05, 3.63) is 263 Å². The van der Waals surface area contributed by atoms with Gasteiger partial charge in [0.15, 0.2) is 34.7 Å². The first-order valence-electron chi connectivity index (χ1n) is 21.5. The van der Waals surface area contributed by atoms with E-state index >= 15 is 0 Å². The molecule has 0 spiro atoms. The molecule has 1 aliphatic heterocycles. The van der Waals surface area contributed by atoms with Crippen molar-refractivity contribution in [2.24, 2.45) is 15.0 Å². The highest BCUT2D eigenvalue weighted by molar-refractivity contribution is 6.15. The molecule has 2 aliphatic rings. The molecule has 0 unspecified atom stereocenters. The van der Waals surface area contributed by atoms with Gasteiger partial charge in [0.05, 0.1) is 12.0 Å². The van der Waals surface area contributed by atoms with Gasteiger partial charge in [-0.3, -0.25) is 4.99 Å². The van der Waals surface area contributed by atoms with Crippen LogP contribution in [0.25, 0.3) is 33.4 Å². The van der Waals surface area contributed by atoms with Gasteiger partial charge in [-0.25, -0.2) is 9.98 Å². The fourth-order valence-electron chi connectivity index (χ4n) is 9.49. The third kappa shape index (κ3) is 6.54. The first kappa shape index (κ1) is 38.5. The number of hydrogen-bond donors (Lipinski definition) is 0. The van der Waals surface area contributed by atoms with E-state index in [4.69, 9.17) is 19.5 Å². The van der Waals surface area contributed by atoms with Crippen LogP contribution in [0.4, 0.5) is 0 Å². The average molecular weight is 824 g/mol. The topological polar surface area (TPSA) is 55.5 Å². The third-order valence-electron chi connectivity index (χ3n) is 12.3. The molecule has 0 radical (unpaired) electrons. The van der Waals surface area contributed by atoms with E-state index in [9.17, 15) is 0 Å². The zero-order valence-electron chi connectivity index (χ0n) is 34.9. The minimum absolute atomic E-state index is 0.424. The number of hydrogen-bond acceptors (Lipinski definition) is 3. The third-order valence-corrected chi connectivity index (χ3v) is 12.3. The molecule has 64 heavy (non-hydrogen) atoms. The Morgan fingerprint density at radius 3 is 1.72 bits per heavy atom. The summed E-state index contributed by atoms with van der Waals surface area (Å²) in [5, 5.41) is 0. The Morgan fingerprint density at radius 2 is 1.00 bits per heavy atom. The van der Waals surface area contributed by atoms with Gasteiger partial charge in [0.25, 0.3) is 0 Å². The van der Waals surface area contributed by atoms with Gasteiger partial charge in [0, 0.05) is 22.3 Å². The molecule has 9 aromatic carbocycles. The van der Waals surface area contributed by atoms with Crippen LogP contribution in [-0.2, 0) is 12.0 Å². The van der Waals surface area contributed by atoms with Crippen LogP contribution in [0.2, 0.25) is 0 Å². The van der Waals surface area contributed by atoms with E-state index in [1.807, 2.05) is 66.7 Å². The van der Waals surface area contributed by atoms with Crippen LogP contribution in [0.3, 0.4) is 0 Å². The van der Waals surface area contributed by atoms with Gasteiger partial charge in [-0.2, -0.15) is 0 Å². The van der Waals surface area contributed by atoms with Crippen LogP contribution in [0.15, 0.2) is 239 Å². The van der Waals surface area contributed by atoms with Crippen LogP contribution in [0.5, 0.6) is 23.0 Å². The van der Waals surface area contributed by atoms with Crippen molar-refractivity contribution in [3.8, 4) is 56.4 Å². The van der Waals surface area contributed by atoms with Crippen LogP contribution < -0.4 is 9.47 Å². The second-order valence-corrected chi connectivity index (χ2v) is 15.8. The number of nitrogens with zero attached hydrogens (tertiary/aromatic N) is 3. The molecular weight excluding hydrogens is 783 g/mol. The predicted octanol–water partition coefficient (Wildman–Crippen LogP) is 14.4. The van der Waals surface area contributed by atoms with Crippen molar-refractivity contribution >= 4 is 18.4 Å². The maximum atomic E-state index is 7.06. The summed E-state index contributed by atoms with van der Waals surface area (Å²) in [5.41, 5.74) is 13.1. The largest absolute Gasteiger partial charge is 0.449 e. The minimum atomic E-state index is -0.561. The van der Waals surface area contributed by atoms with E-state index in [1.165, 1.54) is 16.7 Å². The summed E-state index contributed by atoms with van der Waals surface area (Å²) in [4.78, 5) is 14.9. The highest BCUT2D eigenvalue weighted by Gasteiger charge is 2.48. The molecule has 11 rings (SSSR count). The van der Waals surface area contributed by atoms with Crippen LogP contribution in [0, 0.1) is 0 Å². The van der Waals surface area contributed by atoms with Crippen molar-refractivity contribution in [1.82, 2.24) is 0 Å². The van der Waals surface area contributed by atoms with E-state index in [-0.39, 0.29) is 0 Å². The second-order valence-electron chi connectivity index (χ2n) is 15.8. The first-order chi connectivity index (χ1) is 31.7. The monoisotopic (exact) mass is 823 g/mol. The Morgan fingerprint density at radius 1 is 0.438 bits per heavy atom. The molecule has 0 bridgehead atoms. The number of para-hydroxylation sites is 1. The summed E-state index contributed by atoms with van der Waals surface area (Å²) in [7, 11) is 0. The maximum Gasteiger partial charge on any atom is 0.178 e. The molecular formula is C59H41N3O2. The SMILES string of the molecule is C=NC(=NC(=NCc1ccccc1-c1ccccc1)c1ccccc1)c1ccccc1-c1cccc2c1Oc1ccc3c(c1O2)-c1ccccc1C3(c1ccccc1)c1ccccc1. The summed E-state index contributed by atoms with van der Waals surface area (Å²) in [5.74, 6) is 3.58. The van der Waals surface area contributed by atoms with Crippen molar-refractivity contribution in [3.63, 3.8) is 0 Å². The van der Waals surface area contributed by atoms with E-state index in [0.717, 1.165) is 55.6 Å². The molecule has 0 amide bonds. The van der Waals surface area contributed by atoms with Gasteiger partial charge in [-0.1, -0.05) is 212 Å². The van der Waals surface area contributed by atoms with E-state index < -0.39 is 5.41 Å². The highest BCUT2D eigenvalue weighted by Crippen LogP contribution is 2.62. The number of aliphatic imine (C=N–C) groups is 3. The summed E-state index contributed by atoms with van der Waals surface area (Å²) in [6.07, 6.45) is 0. The lowest BCUT2D eigenvalue weighted by atomic mass is 9.68. The minimum Gasteiger partial charge on any atom is -0.449 e. The van der Waals surface area contributed by atoms with Gasteiger partial charge < -0.3 is 9.47 Å². The van der Waals surface area contributed by atoms with Crippen molar-refractivity contribution < 1.29 is 9.47 Å². The van der Waals surface area contributed by atoms with E-state index in [2.05, 4.69) is 169 Å². The number of benzene rings is 9. The summed E-state index contributed by atoms with van der Waals surface area (Å²) < 4.78 is 14.1. The smallest absolute Gasteiger partial charge is 0.178 e. The van der Waals surface area contributed by atoms with Crippen LogP contribution >= 0.6 is 0 Å². The fourth-order valence-corrected chi connectivity index (χ4v) is 9.49. The molecule has 0 N–H and O–H groups in total. The quantitative estimate of drug-likeness (QED) is 0.113. The number of ether oxygens (including phenoxy) is 2. The van der Waals surface area contributed by atoms with Crippen molar-refractivity contribution in [2.75, 3.05) is 0 Å². The number of fused-ring (bicyclic) bond motifs is 6. The number of amidine groups is 2. The molecule has 1 aliphatic carbocycles. The van der Waals surface area contributed by atoms with Gasteiger partial charge >= 0.3 is 0 Å². The van der Waals surface area contributed by atoms with E-state index in [0.29, 0.717) is 41.2 Å². The Balaban J connectivity index is 1.00. The highest BCUT2D eigenvalue weighted by atomic mass is 16.6. The second kappa shape index (κ2) is 16.5. The molecule has 5 heteroatoms. The average Bonchev–Trinajstić information content (AvgIpc) is 3.68. The van der Waals surface area contributed by atoms with E-state index in [1.54, 1.807) is 0 Å². The zero-order valence-corrected chi connectivity index (χ0v) is 34.9. The molecule has 0 aromatic heterocycles. The molecule has 0 atom stereocenters. The van der Waals surface area contributed by atoms with Gasteiger partial charge in [0.1, 0.15) is 0 Å². The Labute approximate surface area is 373 Å². The van der Waals surface area contributed by atoms with Crippen LogP contribution in [-0.4, -0.2) is 18.4 Å². The zero-order chi connectivity index (χ0) is 42.9. The molecule has 304 valence electrons. The Kier molecular flexibility index (Phi) is 9.90. The summed E-state index contributed by atoms with van der Waals surface area (Å²) >= 11 is 0. The molecule has 0 saturated carbocycles. The first-order valence-corrected chi connectivity index (χ1v) is 21.5. The predicted molar refractivity (Wildman–Crippen MR) is 260 cm³/mol. The van der Waals surface area contributed by atoms with Gasteiger partial charge in [-0.15, -0.1) is 0 Å². The van der Waals surface area contributed by atoms with Crippen molar-refractivity contribution in [1.29, 1.82) is 0 Å². The lowest BCUT2D eigenvalue weighted by Gasteiger charge is -2.34. The maximum absolute atomic E-state index is 7.06. The Bertz CT molecular complexity index is 3210. The molecule has 9 aromatic rings. The normalized spacial score (nSPS) is 13.4. The molecule has 0 saturated heterocycles. The van der Waals surface area contributed by atoms with Gasteiger partial charge in [-0.05, 0) is 68.9 Å². The summed E-state index contributed by atoms with van der Waals surface area (Å²) in [6.45, 7) is 4.45. The van der Waals surface area contributed by atoms with Crippen molar-refractivity contribution in [2.45, 2.75) is 12.0 Å². The van der Waals surface area contributed by atoms with Crippen LogP contribution in [0.1, 0.15) is 38.9 Å². The lowest BCUT2D eigenvalue weighted by Crippen LogP contribution is -2.28. The molecule has 5 nitrogen and oxygen atoms in total.